The molecule has 16 heteroatoms. The van der Waals surface area contributed by atoms with Gasteiger partial charge in [-0.3, -0.25) is 10.2 Å². The van der Waals surface area contributed by atoms with Gasteiger partial charge in [-0.15, -0.1) is 0 Å². The Bertz CT molecular complexity index is 1580. The zero-order chi connectivity index (χ0) is 31.8. The van der Waals surface area contributed by atoms with Crippen molar-refractivity contribution >= 4 is 51.1 Å². The van der Waals surface area contributed by atoms with E-state index in [0.717, 1.165) is 5.69 Å². The first-order valence-electron chi connectivity index (χ1n) is 12.4. The molecule has 1 amide bonds. The van der Waals surface area contributed by atoms with Crippen LogP contribution >= 0.6 is 11.9 Å². The van der Waals surface area contributed by atoms with Gasteiger partial charge in [-0.2, -0.15) is 13.2 Å². The summed E-state index contributed by atoms with van der Waals surface area (Å²) in [6, 6.07) is 20.6. The molecule has 230 valence electrons. The number of rotatable bonds is 8. The SMILES string of the molecule is N=C(N)c1cccc(NSC2(C(=O)Nc3ccc(-c4ccccc4S(N)(=O)=O)cc3)CCOCC2)c1.O=C(O)C(F)(F)F. The summed E-state index contributed by atoms with van der Waals surface area (Å²) >= 11 is 1.32. The fourth-order valence-corrected chi connectivity index (χ4v) is 5.63. The maximum atomic E-state index is 13.4. The number of alkyl halides is 3. The molecule has 8 N–H and O–H groups in total. The molecule has 0 aromatic heterocycles. The highest BCUT2D eigenvalue weighted by Gasteiger charge is 2.41. The van der Waals surface area contributed by atoms with Crippen LogP contribution in [0.1, 0.15) is 18.4 Å². The van der Waals surface area contributed by atoms with Crippen molar-refractivity contribution in [2.75, 3.05) is 23.3 Å². The average Bonchev–Trinajstić information content (AvgIpc) is 2.96. The largest absolute Gasteiger partial charge is 0.490 e. The molecule has 0 aliphatic carbocycles. The second-order valence-electron chi connectivity index (χ2n) is 9.18. The number of nitrogens with one attached hydrogen (secondary N) is 3. The number of amides is 1. The van der Waals surface area contributed by atoms with Crippen LogP contribution in [0.4, 0.5) is 24.5 Å². The number of amidine groups is 1. The van der Waals surface area contributed by atoms with Gasteiger partial charge >= 0.3 is 12.1 Å². The molecule has 1 aliphatic heterocycles. The number of primary sulfonamides is 1. The molecule has 43 heavy (non-hydrogen) atoms. The van der Waals surface area contributed by atoms with Crippen LogP contribution in [0.3, 0.4) is 0 Å². The van der Waals surface area contributed by atoms with Crippen LogP contribution in [0.15, 0.2) is 77.7 Å². The summed E-state index contributed by atoms with van der Waals surface area (Å²) in [4.78, 5) is 22.4. The fourth-order valence-electron chi connectivity index (χ4n) is 3.91. The number of carbonyl (C=O) groups is 2. The van der Waals surface area contributed by atoms with Crippen molar-refractivity contribution < 1.29 is 41.0 Å². The lowest BCUT2D eigenvalue weighted by Crippen LogP contribution is -2.45. The third-order valence-electron chi connectivity index (χ3n) is 6.14. The zero-order valence-corrected chi connectivity index (χ0v) is 24.0. The van der Waals surface area contributed by atoms with E-state index in [1.54, 1.807) is 60.7 Å². The summed E-state index contributed by atoms with van der Waals surface area (Å²) < 4.78 is 63.6. The number of carboxylic acids is 1. The van der Waals surface area contributed by atoms with Crippen molar-refractivity contribution in [3.05, 3.63) is 78.4 Å². The molecule has 0 bridgehead atoms. The van der Waals surface area contributed by atoms with Crippen molar-refractivity contribution in [1.29, 1.82) is 5.41 Å². The van der Waals surface area contributed by atoms with Crippen molar-refractivity contribution in [3.8, 4) is 11.1 Å². The lowest BCUT2D eigenvalue weighted by Gasteiger charge is -2.35. The minimum atomic E-state index is -5.08. The molecule has 0 radical (unpaired) electrons. The molecule has 3 aromatic rings. The minimum absolute atomic E-state index is 0.0303. The number of anilines is 2. The van der Waals surface area contributed by atoms with Crippen LogP contribution < -0.4 is 20.9 Å². The summed E-state index contributed by atoms with van der Waals surface area (Å²) in [6.45, 7) is 0.914. The number of halogens is 3. The van der Waals surface area contributed by atoms with Crippen LogP contribution in [0.2, 0.25) is 0 Å². The molecule has 11 nitrogen and oxygen atoms in total. The van der Waals surface area contributed by atoms with Crippen LogP contribution in [-0.4, -0.2) is 55.4 Å². The quantitative estimate of drug-likeness (QED) is 0.119. The molecule has 1 aliphatic rings. The maximum absolute atomic E-state index is 13.4. The van der Waals surface area contributed by atoms with E-state index in [1.807, 2.05) is 6.07 Å². The van der Waals surface area contributed by atoms with E-state index >= 15 is 0 Å². The number of benzene rings is 3. The molecule has 0 unspecified atom stereocenters. The van der Waals surface area contributed by atoms with E-state index in [1.165, 1.54) is 18.0 Å². The van der Waals surface area contributed by atoms with Gasteiger partial charge < -0.3 is 25.6 Å². The van der Waals surface area contributed by atoms with Gasteiger partial charge in [0, 0.05) is 35.7 Å². The summed E-state index contributed by atoms with van der Waals surface area (Å²) in [5, 5.41) is 23.1. The van der Waals surface area contributed by atoms with Crippen molar-refractivity contribution in [2.24, 2.45) is 10.9 Å². The number of nitrogens with two attached hydrogens (primary N) is 2. The summed E-state index contributed by atoms with van der Waals surface area (Å²) in [6.07, 6.45) is -4.05. The maximum Gasteiger partial charge on any atom is 0.490 e. The van der Waals surface area contributed by atoms with Gasteiger partial charge in [-0.05, 0) is 60.7 Å². The first-order chi connectivity index (χ1) is 20.1. The molecule has 0 saturated carbocycles. The molecule has 0 atom stereocenters. The Morgan fingerprint density at radius 1 is 0.977 bits per heavy atom. The topological polar surface area (TPSA) is 198 Å². The van der Waals surface area contributed by atoms with Crippen LogP contribution in [0.25, 0.3) is 11.1 Å². The minimum Gasteiger partial charge on any atom is -0.475 e. The molecular formula is C27H28F3N5O6S2. The lowest BCUT2D eigenvalue weighted by molar-refractivity contribution is -0.192. The Kier molecular flexibility index (Phi) is 10.8. The highest BCUT2D eigenvalue weighted by atomic mass is 32.2. The van der Waals surface area contributed by atoms with Crippen molar-refractivity contribution in [1.82, 2.24) is 0 Å². The summed E-state index contributed by atoms with van der Waals surface area (Å²) in [7, 11) is -3.88. The third kappa shape index (κ3) is 9.18. The summed E-state index contributed by atoms with van der Waals surface area (Å²) in [5.41, 5.74) is 8.67. The fraction of sp³-hybridized carbons (Fsp3) is 0.222. The molecule has 1 fully saturated rings. The normalized spacial score (nSPS) is 14.5. The van der Waals surface area contributed by atoms with Crippen LogP contribution in [0.5, 0.6) is 0 Å². The van der Waals surface area contributed by atoms with Gasteiger partial charge in [0.25, 0.3) is 0 Å². The first kappa shape index (κ1) is 33.4. The number of ether oxygens (including phenoxy) is 1. The second-order valence-corrected chi connectivity index (χ2v) is 11.9. The Hall–Kier alpha value is -4.12. The number of sulfonamides is 1. The van der Waals surface area contributed by atoms with Gasteiger partial charge in [0.2, 0.25) is 15.9 Å². The molecule has 1 heterocycles. The molecule has 3 aromatic carbocycles. The van der Waals surface area contributed by atoms with E-state index in [2.05, 4.69) is 10.0 Å². The summed E-state index contributed by atoms with van der Waals surface area (Å²) in [5.74, 6) is -2.95. The van der Waals surface area contributed by atoms with Gasteiger partial charge in [0.1, 0.15) is 10.6 Å². The predicted molar refractivity (Wildman–Crippen MR) is 157 cm³/mol. The zero-order valence-electron chi connectivity index (χ0n) is 22.4. The molecule has 4 rings (SSSR count). The standard InChI is InChI=1S/C25H27N5O4S2.C2HF3O2/c26-23(27)18-4-3-5-20(16-18)30-35-25(12-14-34-15-13-25)24(31)29-19-10-8-17(9-11-19)21-6-1-2-7-22(21)36(28,32)33;3-2(4,5)1(6)7/h1-11,16,30H,12-15H2,(H3,26,27)(H,29,31)(H2,28,32,33);(H,6,7). The first-order valence-corrected chi connectivity index (χ1v) is 14.8. The van der Waals surface area contributed by atoms with E-state index in [-0.39, 0.29) is 16.6 Å². The Morgan fingerprint density at radius 3 is 2.14 bits per heavy atom. The Balaban J connectivity index is 0.000000646. The van der Waals surface area contributed by atoms with E-state index in [0.29, 0.717) is 48.4 Å². The Labute approximate surface area is 249 Å². The van der Waals surface area contributed by atoms with Gasteiger partial charge in [-0.25, -0.2) is 18.4 Å². The number of aliphatic carboxylic acids is 1. The lowest BCUT2D eigenvalue weighted by atomic mass is 9.97. The monoisotopic (exact) mass is 639 g/mol. The van der Waals surface area contributed by atoms with E-state index < -0.39 is 26.9 Å². The number of hydrogen-bond donors (Lipinski definition) is 6. The average molecular weight is 640 g/mol. The van der Waals surface area contributed by atoms with Crippen molar-refractivity contribution in [3.63, 3.8) is 0 Å². The van der Waals surface area contributed by atoms with Crippen LogP contribution in [0, 0.1) is 5.41 Å². The van der Waals surface area contributed by atoms with Crippen LogP contribution in [-0.2, 0) is 24.3 Å². The number of nitrogen functional groups attached to an aromatic ring is 1. The number of hydrogen-bond acceptors (Lipinski definition) is 8. The third-order valence-corrected chi connectivity index (χ3v) is 8.43. The Morgan fingerprint density at radius 2 is 1.58 bits per heavy atom. The smallest absolute Gasteiger partial charge is 0.475 e. The molecule has 0 spiro atoms. The van der Waals surface area contributed by atoms with Gasteiger partial charge in [0.05, 0.1) is 4.90 Å². The number of carbonyl (C=O) groups excluding carboxylic acids is 1. The molecular weight excluding hydrogens is 611 g/mol. The van der Waals surface area contributed by atoms with Crippen molar-refractivity contribution in [2.45, 2.75) is 28.7 Å². The highest BCUT2D eigenvalue weighted by Crippen LogP contribution is 2.38. The highest BCUT2D eigenvalue weighted by molar-refractivity contribution is 8.02. The van der Waals surface area contributed by atoms with E-state index in [4.69, 9.17) is 30.9 Å². The number of carboxylic acid groups (broad SMARTS) is 1. The van der Waals surface area contributed by atoms with E-state index in [9.17, 15) is 26.4 Å². The van der Waals surface area contributed by atoms with Gasteiger partial charge in [-0.1, -0.05) is 42.5 Å². The second kappa shape index (κ2) is 13.9. The predicted octanol–water partition coefficient (Wildman–Crippen LogP) is 4.17. The molecule has 1 saturated heterocycles. The van der Waals surface area contributed by atoms with Gasteiger partial charge in [0.15, 0.2) is 0 Å².